The lowest BCUT2D eigenvalue weighted by Crippen LogP contribution is -2.34. The SMILES string of the molecule is CN1CCC(CCN(C)C(=O)C2CC2C(=O)O)CC1. The largest absolute Gasteiger partial charge is 0.481 e. The molecule has 1 saturated carbocycles. The van der Waals surface area contributed by atoms with Crippen LogP contribution in [0.15, 0.2) is 0 Å². The highest BCUT2D eigenvalue weighted by Crippen LogP contribution is 2.40. The Kier molecular flexibility index (Phi) is 4.45. The zero-order chi connectivity index (χ0) is 14.0. The molecular weight excluding hydrogens is 244 g/mol. The van der Waals surface area contributed by atoms with E-state index in [1.807, 2.05) is 0 Å². The summed E-state index contributed by atoms with van der Waals surface area (Å²) in [6.45, 7) is 3.05. The molecule has 1 heterocycles. The number of carboxylic acid groups (broad SMARTS) is 1. The zero-order valence-electron chi connectivity index (χ0n) is 11.8. The van der Waals surface area contributed by atoms with E-state index in [4.69, 9.17) is 5.11 Å². The maximum atomic E-state index is 12.0. The molecule has 19 heavy (non-hydrogen) atoms. The minimum Gasteiger partial charge on any atom is -0.481 e. The molecule has 0 bridgehead atoms. The van der Waals surface area contributed by atoms with Gasteiger partial charge < -0.3 is 14.9 Å². The Balaban J connectivity index is 1.68. The van der Waals surface area contributed by atoms with E-state index in [0.717, 1.165) is 26.1 Å². The highest BCUT2D eigenvalue weighted by molar-refractivity contribution is 5.89. The Bertz CT molecular complexity index is 351. The molecular formula is C14H24N2O3. The summed E-state index contributed by atoms with van der Waals surface area (Å²) in [6, 6.07) is 0. The molecule has 1 aliphatic carbocycles. The van der Waals surface area contributed by atoms with Crippen LogP contribution in [0, 0.1) is 17.8 Å². The number of nitrogens with zero attached hydrogens (tertiary/aromatic N) is 2. The van der Waals surface area contributed by atoms with Crippen LogP contribution in [-0.4, -0.2) is 60.5 Å². The van der Waals surface area contributed by atoms with Crippen LogP contribution in [0.1, 0.15) is 25.7 Å². The van der Waals surface area contributed by atoms with E-state index in [2.05, 4.69) is 11.9 Å². The summed E-state index contributed by atoms with van der Waals surface area (Å²) in [6.07, 6.45) is 3.98. The van der Waals surface area contributed by atoms with Crippen molar-refractivity contribution in [3.05, 3.63) is 0 Å². The van der Waals surface area contributed by atoms with Crippen molar-refractivity contribution in [2.24, 2.45) is 17.8 Å². The Morgan fingerprint density at radius 3 is 2.42 bits per heavy atom. The molecule has 1 saturated heterocycles. The third kappa shape index (κ3) is 3.69. The Morgan fingerprint density at radius 1 is 1.26 bits per heavy atom. The van der Waals surface area contributed by atoms with Gasteiger partial charge in [-0.3, -0.25) is 9.59 Å². The molecule has 2 fully saturated rings. The van der Waals surface area contributed by atoms with Crippen LogP contribution >= 0.6 is 0 Å². The molecule has 108 valence electrons. The molecule has 1 N–H and O–H groups in total. The summed E-state index contributed by atoms with van der Waals surface area (Å²) in [5, 5.41) is 8.84. The Hall–Kier alpha value is -1.10. The summed E-state index contributed by atoms with van der Waals surface area (Å²) >= 11 is 0. The highest BCUT2D eigenvalue weighted by Gasteiger charge is 2.49. The number of rotatable bonds is 5. The number of amides is 1. The van der Waals surface area contributed by atoms with Crippen LogP contribution in [0.4, 0.5) is 0 Å². The van der Waals surface area contributed by atoms with E-state index in [-0.39, 0.29) is 11.8 Å². The number of aliphatic carboxylic acids is 1. The Morgan fingerprint density at radius 2 is 1.89 bits per heavy atom. The van der Waals surface area contributed by atoms with Crippen LogP contribution in [0.25, 0.3) is 0 Å². The summed E-state index contributed by atoms with van der Waals surface area (Å²) in [5.74, 6) is -0.804. The van der Waals surface area contributed by atoms with Crippen molar-refractivity contribution in [2.45, 2.75) is 25.7 Å². The molecule has 1 aliphatic heterocycles. The lowest BCUT2D eigenvalue weighted by atomic mass is 9.93. The van der Waals surface area contributed by atoms with Gasteiger partial charge in [-0.05, 0) is 51.7 Å². The predicted molar refractivity (Wildman–Crippen MR) is 71.7 cm³/mol. The van der Waals surface area contributed by atoms with Crippen LogP contribution in [0.5, 0.6) is 0 Å². The van der Waals surface area contributed by atoms with Crippen LogP contribution < -0.4 is 0 Å². The van der Waals surface area contributed by atoms with Crippen molar-refractivity contribution in [2.75, 3.05) is 33.7 Å². The maximum Gasteiger partial charge on any atom is 0.307 e. The number of piperidine rings is 1. The maximum absolute atomic E-state index is 12.0. The average Bonchev–Trinajstić information content (AvgIpc) is 3.17. The quantitative estimate of drug-likeness (QED) is 0.804. The van der Waals surface area contributed by atoms with Gasteiger partial charge in [-0.2, -0.15) is 0 Å². The lowest BCUT2D eigenvalue weighted by Gasteiger charge is -2.30. The van der Waals surface area contributed by atoms with Crippen molar-refractivity contribution < 1.29 is 14.7 Å². The molecule has 2 aliphatic rings. The molecule has 0 aromatic carbocycles. The number of likely N-dealkylation sites (tertiary alicyclic amines) is 1. The van der Waals surface area contributed by atoms with E-state index in [1.54, 1.807) is 11.9 Å². The summed E-state index contributed by atoms with van der Waals surface area (Å²) < 4.78 is 0. The first kappa shape index (κ1) is 14.3. The first-order valence-electron chi connectivity index (χ1n) is 7.15. The summed E-state index contributed by atoms with van der Waals surface area (Å²) in [7, 11) is 3.94. The number of carboxylic acids is 1. The van der Waals surface area contributed by atoms with Crippen LogP contribution in [-0.2, 0) is 9.59 Å². The predicted octanol–water partition coefficient (Wildman–Crippen LogP) is 0.897. The van der Waals surface area contributed by atoms with E-state index >= 15 is 0 Å². The molecule has 5 heteroatoms. The molecule has 5 nitrogen and oxygen atoms in total. The fourth-order valence-corrected chi connectivity index (χ4v) is 2.86. The standard InChI is InChI=1S/C14H24N2O3/c1-15-6-3-10(4-7-15)5-8-16(2)13(17)11-9-12(11)14(18)19/h10-12H,3-9H2,1-2H3,(H,18,19). The van der Waals surface area contributed by atoms with E-state index in [0.29, 0.717) is 12.3 Å². The third-order valence-electron chi connectivity index (χ3n) is 4.51. The smallest absolute Gasteiger partial charge is 0.307 e. The van der Waals surface area contributed by atoms with Gasteiger partial charge in [0.15, 0.2) is 0 Å². The van der Waals surface area contributed by atoms with Gasteiger partial charge in [0.2, 0.25) is 5.91 Å². The minimum absolute atomic E-state index is 0.0142. The number of carbonyl (C=O) groups excluding carboxylic acids is 1. The van der Waals surface area contributed by atoms with Crippen molar-refractivity contribution in [1.82, 2.24) is 9.80 Å². The monoisotopic (exact) mass is 268 g/mol. The van der Waals surface area contributed by atoms with Gasteiger partial charge in [-0.15, -0.1) is 0 Å². The average molecular weight is 268 g/mol. The topological polar surface area (TPSA) is 60.9 Å². The van der Waals surface area contributed by atoms with Crippen LogP contribution in [0.3, 0.4) is 0 Å². The zero-order valence-corrected chi connectivity index (χ0v) is 11.8. The van der Waals surface area contributed by atoms with Gasteiger partial charge in [0.05, 0.1) is 11.8 Å². The fraction of sp³-hybridized carbons (Fsp3) is 0.857. The molecule has 2 unspecified atom stereocenters. The molecule has 1 amide bonds. The minimum atomic E-state index is -0.831. The first-order chi connectivity index (χ1) is 8.99. The van der Waals surface area contributed by atoms with Crippen LogP contribution in [0.2, 0.25) is 0 Å². The van der Waals surface area contributed by atoms with Crippen molar-refractivity contribution in [1.29, 1.82) is 0 Å². The van der Waals surface area contributed by atoms with Gasteiger partial charge in [0, 0.05) is 13.6 Å². The second-order valence-corrected chi connectivity index (χ2v) is 6.08. The van der Waals surface area contributed by atoms with Crippen molar-refractivity contribution in [3.8, 4) is 0 Å². The van der Waals surface area contributed by atoms with Gasteiger partial charge in [-0.1, -0.05) is 0 Å². The molecule has 0 spiro atoms. The molecule has 2 atom stereocenters. The second-order valence-electron chi connectivity index (χ2n) is 6.08. The number of carbonyl (C=O) groups is 2. The van der Waals surface area contributed by atoms with Gasteiger partial charge >= 0.3 is 5.97 Å². The van der Waals surface area contributed by atoms with E-state index in [9.17, 15) is 9.59 Å². The third-order valence-corrected chi connectivity index (χ3v) is 4.51. The fourth-order valence-electron chi connectivity index (χ4n) is 2.86. The molecule has 0 aromatic heterocycles. The molecule has 0 radical (unpaired) electrons. The number of hydrogen-bond donors (Lipinski definition) is 1. The first-order valence-corrected chi connectivity index (χ1v) is 7.15. The van der Waals surface area contributed by atoms with Gasteiger partial charge in [0.1, 0.15) is 0 Å². The van der Waals surface area contributed by atoms with E-state index in [1.165, 1.54) is 12.8 Å². The molecule has 2 rings (SSSR count). The second kappa shape index (κ2) is 5.90. The normalized spacial score (nSPS) is 28.1. The van der Waals surface area contributed by atoms with Gasteiger partial charge in [-0.25, -0.2) is 0 Å². The van der Waals surface area contributed by atoms with Crippen molar-refractivity contribution >= 4 is 11.9 Å². The van der Waals surface area contributed by atoms with E-state index < -0.39 is 11.9 Å². The summed E-state index contributed by atoms with van der Waals surface area (Å²) in [5.41, 5.74) is 0. The highest BCUT2D eigenvalue weighted by atomic mass is 16.4. The van der Waals surface area contributed by atoms with Crippen molar-refractivity contribution in [3.63, 3.8) is 0 Å². The number of hydrogen-bond acceptors (Lipinski definition) is 3. The Labute approximate surface area is 114 Å². The summed E-state index contributed by atoms with van der Waals surface area (Å²) in [4.78, 5) is 26.8. The lowest BCUT2D eigenvalue weighted by molar-refractivity contribution is -0.141. The van der Waals surface area contributed by atoms with Gasteiger partial charge in [0.25, 0.3) is 0 Å². The molecule has 0 aromatic rings.